The maximum absolute atomic E-state index is 15.4. The summed E-state index contributed by atoms with van der Waals surface area (Å²) in [6.45, 7) is 4.96. The molecule has 8 rings (SSSR count). The second kappa shape index (κ2) is 50.0. The van der Waals surface area contributed by atoms with Gasteiger partial charge < -0.3 is 139 Å². The van der Waals surface area contributed by atoms with Crippen molar-refractivity contribution in [2.75, 3.05) is 31.1 Å². The first-order valence-corrected chi connectivity index (χ1v) is 45.5. The molecule has 16 unspecified atom stereocenters. The van der Waals surface area contributed by atoms with Crippen molar-refractivity contribution >= 4 is 159 Å². The van der Waals surface area contributed by atoms with Crippen LogP contribution in [0.15, 0.2) is 85.5 Å². The molecular weight excluding hydrogens is 1760 g/mol. The number of nitrogens with zero attached hydrogens (tertiary/aromatic N) is 2. The number of amides is 17. The van der Waals surface area contributed by atoms with Crippen LogP contribution in [-0.2, 0) is 118 Å². The van der Waals surface area contributed by atoms with Crippen molar-refractivity contribution in [3.8, 4) is 5.75 Å². The lowest BCUT2D eigenvalue weighted by atomic mass is 10.0. The molecule has 33 N–H and O–H groups in total. The molecule has 17 amide bonds. The van der Waals surface area contributed by atoms with E-state index in [-0.39, 0.29) is 105 Å². The minimum Gasteiger partial charge on any atom is -0.508 e. The first-order valence-electron chi connectivity index (χ1n) is 42.1. The Kier molecular flexibility index (Phi) is 39.4. The summed E-state index contributed by atoms with van der Waals surface area (Å²) in [7, 11) is 0. The maximum Gasteiger partial charge on any atom is 0.253 e. The Bertz CT molecular complexity index is 4970. The SMILES string of the molecule is CC(N)C(=O)NC1CSCc2cc3cc(c2)CSC(C(=O)NC(C)C(N)=O)NC(=O)C(Cc2ccc(O)cc2)NC(=O)C(CC(N)=O)NC(=O)C(CCC(N)=O)NC(=O)C(Cc2c[nH]cn2)NC(=O)C(C(C)O)NC(=O)C(CSC3)NC(=O)C(CCCNC(=N)N)NC(=O)C(C)NC(=O)C2CCCN2C(=O)C(Cc2c[nH]c3ccccc23)NC(=O)C(CCCNC(=N)N)NC1=O. The van der Waals surface area contributed by atoms with Crippen LogP contribution in [0.5, 0.6) is 5.75 Å². The van der Waals surface area contributed by atoms with Crippen LogP contribution >= 0.6 is 35.3 Å². The number of hydrogen-bond acceptors (Lipinski definition) is 26. The number of guanidine groups is 2. The fraction of sp³-hybridized carbons (Fsp3) is 0.488. The van der Waals surface area contributed by atoms with Crippen LogP contribution in [0.25, 0.3) is 10.9 Å². The smallest absolute Gasteiger partial charge is 0.253 e. The Morgan fingerprint density at radius 3 is 1.73 bits per heavy atom. The molecule has 3 aromatic carbocycles. The van der Waals surface area contributed by atoms with Gasteiger partial charge in [-0.05, 0) is 119 Å². The van der Waals surface area contributed by atoms with E-state index in [1.54, 1.807) is 48.7 Å². The van der Waals surface area contributed by atoms with Gasteiger partial charge >= 0.3 is 0 Å². The van der Waals surface area contributed by atoms with Crippen molar-refractivity contribution < 1.29 is 91.7 Å². The molecule has 46 nitrogen and oxygen atoms in total. The maximum atomic E-state index is 15.4. The molecular formula is C82H115N27O19S3. The number of aromatic hydroxyl groups is 1. The van der Waals surface area contributed by atoms with E-state index >= 15 is 28.8 Å². The fourth-order valence-corrected chi connectivity index (χ4v) is 17.1. The van der Waals surface area contributed by atoms with Gasteiger partial charge in [-0.1, -0.05) is 48.5 Å². The largest absolute Gasteiger partial charge is 0.508 e. The number of imidazole rings is 1. The second-order valence-corrected chi connectivity index (χ2v) is 35.0. The third-order valence-electron chi connectivity index (χ3n) is 21.2. The van der Waals surface area contributed by atoms with E-state index in [1.165, 1.54) is 62.5 Å². The van der Waals surface area contributed by atoms with Gasteiger partial charge in [-0.15, -0.1) is 11.8 Å². The number of primary amides is 3. The number of aromatic nitrogens is 3. The van der Waals surface area contributed by atoms with Gasteiger partial charge in [0.1, 0.15) is 84.3 Å². The fourth-order valence-electron chi connectivity index (χ4n) is 14.2. The van der Waals surface area contributed by atoms with E-state index in [1.807, 2.05) is 0 Å². The number of benzene rings is 3. The highest BCUT2D eigenvalue weighted by Gasteiger charge is 2.43. The summed E-state index contributed by atoms with van der Waals surface area (Å²) < 4.78 is 0. The van der Waals surface area contributed by atoms with Gasteiger partial charge in [0.05, 0.1) is 30.6 Å². The summed E-state index contributed by atoms with van der Waals surface area (Å²) in [5, 5.41) is 75.3. The molecule has 16 atom stereocenters. The number of aliphatic hydroxyl groups is 1. The highest BCUT2D eigenvalue weighted by atomic mass is 32.2. The van der Waals surface area contributed by atoms with Gasteiger partial charge in [-0.3, -0.25) is 92.3 Å². The number of para-hydroxylation sites is 1. The summed E-state index contributed by atoms with van der Waals surface area (Å²) in [5.41, 5.74) is 37.1. The van der Waals surface area contributed by atoms with Crippen LogP contribution in [0.4, 0.5) is 0 Å². The van der Waals surface area contributed by atoms with E-state index < -0.39 is 246 Å². The van der Waals surface area contributed by atoms with Gasteiger partial charge in [0.15, 0.2) is 17.3 Å². The van der Waals surface area contributed by atoms with Gasteiger partial charge in [-0.25, -0.2) is 4.98 Å². The lowest BCUT2D eigenvalue weighted by molar-refractivity contribution is -0.142. The number of phenols is 1. The molecule has 1 fully saturated rings. The van der Waals surface area contributed by atoms with Crippen LogP contribution < -0.4 is 114 Å². The van der Waals surface area contributed by atoms with Gasteiger partial charge in [0.25, 0.3) is 5.91 Å². The zero-order valence-electron chi connectivity index (χ0n) is 72.4. The minimum absolute atomic E-state index is 0.00624. The average Bonchev–Trinajstić information content (AvgIpc) is 1.61. The number of thioether (sulfide) groups is 3. The second-order valence-electron chi connectivity index (χ2n) is 31.8. The van der Waals surface area contributed by atoms with Crippen molar-refractivity contribution in [1.82, 2.24) is 99.6 Å². The molecule has 3 aliphatic heterocycles. The molecule has 3 aliphatic rings. The van der Waals surface area contributed by atoms with Crippen LogP contribution in [0.1, 0.15) is 119 Å². The minimum atomic E-state index is -2.04. The third kappa shape index (κ3) is 32.4. The summed E-state index contributed by atoms with van der Waals surface area (Å²) in [6, 6.07) is -5.34. The third-order valence-corrected chi connectivity index (χ3v) is 24.6. The molecule has 49 heteroatoms. The van der Waals surface area contributed by atoms with E-state index in [9.17, 15) is 63.0 Å². The van der Waals surface area contributed by atoms with Crippen molar-refractivity contribution in [2.24, 2.45) is 34.4 Å². The summed E-state index contributed by atoms with van der Waals surface area (Å²) >= 11 is 2.82. The van der Waals surface area contributed by atoms with Crippen molar-refractivity contribution in [3.63, 3.8) is 0 Å². The quantitative estimate of drug-likeness (QED) is 0.0147. The van der Waals surface area contributed by atoms with Crippen molar-refractivity contribution in [3.05, 3.63) is 119 Å². The Labute approximate surface area is 765 Å². The molecule has 5 aromatic rings. The molecule has 0 saturated carbocycles. The molecule has 1 saturated heterocycles. The predicted molar refractivity (Wildman–Crippen MR) is 482 cm³/mol. The lowest BCUT2D eigenvalue weighted by Crippen LogP contribution is -2.62. The number of rotatable bonds is 25. The number of carbonyl (C=O) groups excluding carboxylic acids is 17. The Balaban J connectivity index is 1.30. The van der Waals surface area contributed by atoms with E-state index in [2.05, 4.69) is 94.7 Å². The number of fused-ring (bicyclic) bond motifs is 7. The average molecular weight is 1880 g/mol. The van der Waals surface area contributed by atoms with Crippen molar-refractivity contribution in [2.45, 2.75) is 218 Å². The first kappa shape index (κ1) is 103. The van der Waals surface area contributed by atoms with Gasteiger partial charge in [0, 0.05) is 97.4 Å². The Hall–Kier alpha value is -13.3. The predicted octanol–water partition coefficient (Wildman–Crippen LogP) is -6.78. The highest BCUT2D eigenvalue weighted by molar-refractivity contribution is 8.00. The van der Waals surface area contributed by atoms with Crippen LogP contribution in [0.3, 0.4) is 0 Å². The number of aromatic amines is 2. The number of nitrogens with two attached hydrogens (primary N) is 6. The topological polar surface area (TPSA) is 763 Å². The van der Waals surface area contributed by atoms with Crippen LogP contribution in [0.2, 0.25) is 0 Å². The highest BCUT2D eigenvalue weighted by Crippen LogP contribution is 2.28. The number of carbonyl (C=O) groups is 17. The number of hydrogen-bond donors (Lipinski definition) is 27. The molecule has 131 heavy (non-hydrogen) atoms. The standard InChI is InChI=1S/C82H115N27O19S3/c1-39(83)66(115)105-59-36-129-33-44-24-45-26-46(25-44)35-131-79(78(127)96-40(2)65(86)114)108-73(122)55(27-43-15-17-49(111)18-16-43)101-72(121)57(30-63(85)113)102-70(119)54(19-20-62(84)112)100-71(120)56(29-48-32-91-38-95-48)103-77(126)64(42(4)110)107-75(124)60(37-130-34-45)106-69(118)52(12-7-21-92-81(87)88)98-67(116)41(3)97-76(125)61-14-9-23-109(61)80(128)58(28-47-31-94-51-11-6-5-10-50(47)51)104-68(117)53(99-74(59)123)13-8-22-93-82(89)90/h5-6,10-11,15-18,24-26,31-32,38-42,52-61,64,79,94,110-111H,7-9,12-14,19-23,27-30,33-37,83H2,1-4H3,(H2,84,112)(H2,85,113)(H2,86,114)(H,91,95)(H,96,127)(H,97,125)(H,98,116)(H,99,123)(H,100,120)(H,101,121)(H,102,119)(H,103,126)(H,104,117)(H,105,115)(H,106,118)(H,107,124)(H,108,122)(H4,87,88,92)(H4,89,90,93). The van der Waals surface area contributed by atoms with Crippen molar-refractivity contribution in [1.29, 1.82) is 10.8 Å². The summed E-state index contributed by atoms with van der Waals surface area (Å²) in [5.74, 6) is -19.9. The number of aliphatic hydroxyl groups excluding tert-OH is 1. The number of H-pyrrole nitrogens is 2. The monoisotopic (exact) mass is 1880 g/mol. The molecule has 0 radical (unpaired) electrons. The van der Waals surface area contributed by atoms with Crippen LogP contribution in [-0.4, -0.2) is 270 Å². The molecule has 710 valence electrons. The first-order chi connectivity index (χ1) is 62.2. The molecule has 0 spiro atoms. The molecule has 0 aliphatic carbocycles. The summed E-state index contributed by atoms with van der Waals surface area (Å²) in [4.78, 5) is 258. The van der Waals surface area contributed by atoms with E-state index in [0.29, 0.717) is 33.2 Å². The zero-order valence-corrected chi connectivity index (χ0v) is 74.8. The van der Waals surface area contributed by atoms with Gasteiger partial charge in [-0.2, -0.15) is 23.5 Å². The lowest BCUT2D eigenvalue weighted by Gasteiger charge is -2.31. The molecule has 5 heterocycles. The van der Waals surface area contributed by atoms with Crippen LogP contribution in [0, 0.1) is 10.8 Å². The molecule has 4 bridgehead atoms. The van der Waals surface area contributed by atoms with E-state index in [4.69, 9.17) is 45.2 Å². The van der Waals surface area contributed by atoms with E-state index in [0.717, 1.165) is 42.2 Å². The summed E-state index contributed by atoms with van der Waals surface area (Å²) in [6.07, 6.45) is -1.09. The normalized spacial score (nSPS) is 24.0. The zero-order chi connectivity index (χ0) is 95.9. The Morgan fingerprint density at radius 1 is 0.580 bits per heavy atom. The number of phenolic OH excluding ortho intramolecular Hbond substituents is 1. The number of nitrogens with one attached hydrogen (secondary N) is 19. The molecule has 2 aromatic heterocycles. The Morgan fingerprint density at radius 2 is 1.13 bits per heavy atom. The van der Waals surface area contributed by atoms with Gasteiger partial charge in [0.2, 0.25) is 94.5 Å².